The molecule has 0 aromatic heterocycles. The van der Waals surface area contributed by atoms with Gasteiger partial charge in [-0.05, 0) is 93.3 Å². The molecule has 1 saturated heterocycles. The van der Waals surface area contributed by atoms with Gasteiger partial charge in [-0.15, -0.1) is 0 Å². The highest BCUT2D eigenvalue weighted by molar-refractivity contribution is 5.82. The van der Waals surface area contributed by atoms with Gasteiger partial charge in [-0.2, -0.15) is 0 Å². The zero-order valence-corrected chi connectivity index (χ0v) is 20.7. The Morgan fingerprint density at radius 3 is 2.52 bits per heavy atom. The summed E-state index contributed by atoms with van der Waals surface area (Å²) in [5.74, 6) is 0.555. The van der Waals surface area contributed by atoms with Gasteiger partial charge >= 0.3 is 0 Å². The normalized spacial score (nSPS) is 25.9. The second kappa shape index (κ2) is 12.6. The third kappa shape index (κ3) is 6.27. The van der Waals surface area contributed by atoms with Gasteiger partial charge in [0.1, 0.15) is 5.82 Å². The van der Waals surface area contributed by atoms with Crippen molar-refractivity contribution in [2.75, 3.05) is 14.1 Å². The van der Waals surface area contributed by atoms with Gasteiger partial charge in [-0.1, -0.05) is 55.2 Å². The molecule has 4 heteroatoms. The number of nitrogens with two attached hydrogens (primary N) is 1. The van der Waals surface area contributed by atoms with Crippen molar-refractivity contribution in [1.29, 1.82) is 0 Å². The number of aryl methyl sites for hydroxylation is 1. The molecule has 2 aliphatic carbocycles. The van der Waals surface area contributed by atoms with Crippen molar-refractivity contribution in [3.05, 3.63) is 95.4 Å². The minimum atomic E-state index is -0.171. The average Bonchev–Trinajstić information content (AvgIpc) is 2.81. The summed E-state index contributed by atoms with van der Waals surface area (Å²) in [7, 11) is 3.36. The van der Waals surface area contributed by atoms with Gasteiger partial charge in [0.15, 0.2) is 0 Å². The Morgan fingerprint density at radius 2 is 1.94 bits per heavy atom. The monoisotopic (exact) mass is 449 g/mol. The van der Waals surface area contributed by atoms with Gasteiger partial charge in [0.2, 0.25) is 0 Å². The van der Waals surface area contributed by atoms with Crippen molar-refractivity contribution < 1.29 is 4.39 Å². The Bertz CT molecular complexity index is 915. The first-order valence-electron chi connectivity index (χ1n) is 11.8. The van der Waals surface area contributed by atoms with Crippen LogP contribution in [0.2, 0.25) is 0 Å². The van der Waals surface area contributed by atoms with E-state index in [0.29, 0.717) is 6.04 Å². The molecule has 3 nitrogen and oxygen atoms in total. The molecule has 1 aromatic rings. The summed E-state index contributed by atoms with van der Waals surface area (Å²) in [4.78, 5) is 4.26. The van der Waals surface area contributed by atoms with E-state index in [2.05, 4.69) is 48.3 Å². The van der Waals surface area contributed by atoms with Gasteiger partial charge < -0.3 is 11.1 Å². The lowest BCUT2D eigenvalue weighted by molar-refractivity contribution is 0.0357. The van der Waals surface area contributed by atoms with E-state index in [1.165, 1.54) is 55.2 Å². The van der Waals surface area contributed by atoms with Crippen LogP contribution in [0.25, 0.3) is 0 Å². The molecule has 4 rings (SSSR count). The maximum absolute atomic E-state index is 12.1. The maximum Gasteiger partial charge on any atom is 0.123 e. The Kier molecular flexibility index (Phi) is 10.2. The van der Waals surface area contributed by atoms with Gasteiger partial charge in [0.05, 0.1) is 0 Å². The van der Waals surface area contributed by atoms with Crippen LogP contribution in [-0.4, -0.2) is 31.9 Å². The van der Waals surface area contributed by atoms with Crippen molar-refractivity contribution in [3.8, 4) is 0 Å². The number of nitrogens with one attached hydrogen (secondary N) is 1. The highest BCUT2D eigenvalue weighted by Crippen LogP contribution is 2.53. The molecule has 1 aliphatic heterocycles. The lowest BCUT2D eigenvalue weighted by Crippen LogP contribution is -2.73. The molecule has 2 fully saturated rings. The summed E-state index contributed by atoms with van der Waals surface area (Å²) in [6.45, 7) is 11.9. The number of halogens is 1. The summed E-state index contributed by atoms with van der Waals surface area (Å²) in [6, 6.07) is 6.95. The second-order valence-corrected chi connectivity index (χ2v) is 8.84. The molecule has 1 aromatic carbocycles. The van der Waals surface area contributed by atoms with E-state index < -0.39 is 0 Å². The summed E-state index contributed by atoms with van der Waals surface area (Å²) >= 11 is 0. The van der Waals surface area contributed by atoms with Gasteiger partial charge in [0, 0.05) is 24.8 Å². The zero-order chi connectivity index (χ0) is 24.4. The smallest absolute Gasteiger partial charge is 0.123 e. The van der Waals surface area contributed by atoms with E-state index in [-0.39, 0.29) is 11.4 Å². The SMILES string of the molecule is C=C/C=C(\C=C)CC1NC23CC(C=NC)=C(C)C=C2CCCC13.CN.Cc1ccc(F)cc1. The molecule has 1 spiro atoms. The van der Waals surface area contributed by atoms with Crippen LogP contribution < -0.4 is 11.1 Å². The molecule has 33 heavy (non-hydrogen) atoms. The fourth-order valence-corrected chi connectivity index (χ4v) is 5.24. The first-order valence-corrected chi connectivity index (χ1v) is 11.8. The Morgan fingerprint density at radius 1 is 1.24 bits per heavy atom. The summed E-state index contributed by atoms with van der Waals surface area (Å²) < 4.78 is 12.1. The first kappa shape index (κ1) is 26.7. The van der Waals surface area contributed by atoms with E-state index in [1.807, 2.05) is 32.3 Å². The van der Waals surface area contributed by atoms with Crippen LogP contribution in [0.3, 0.4) is 0 Å². The number of aliphatic imine (C=N–C) groups is 1. The van der Waals surface area contributed by atoms with Crippen LogP contribution in [-0.2, 0) is 0 Å². The number of rotatable bonds is 5. The molecule has 1 heterocycles. The molecular weight excluding hydrogens is 409 g/mol. The van der Waals surface area contributed by atoms with Crippen LogP contribution in [0.1, 0.15) is 44.6 Å². The highest BCUT2D eigenvalue weighted by atomic mass is 19.1. The predicted octanol–water partition coefficient (Wildman–Crippen LogP) is 6.24. The van der Waals surface area contributed by atoms with E-state index in [9.17, 15) is 4.39 Å². The van der Waals surface area contributed by atoms with Gasteiger partial charge in [-0.25, -0.2) is 4.39 Å². The lowest BCUT2D eigenvalue weighted by atomic mass is 9.55. The number of allylic oxidation sites excluding steroid dienone is 5. The molecule has 178 valence electrons. The average molecular weight is 450 g/mol. The molecule has 0 bridgehead atoms. The molecule has 3 atom stereocenters. The van der Waals surface area contributed by atoms with E-state index >= 15 is 0 Å². The minimum absolute atomic E-state index is 0.171. The summed E-state index contributed by atoms with van der Waals surface area (Å²) in [5.41, 5.74) is 11.5. The third-order valence-electron chi connectivity index (χ3n) is 6.81. The Labute approximate surface area is 199 Å². The first-order chi connectivity index (χ1) is 15.9. The van der Waals surface area contributed by atoms with Crippen LogP contribution in [0.4, 0.5) is 4.39 Å². The molecule has 3 N–H and O–H groups in total. The second-order valence-electron chi connectivity index (χ2n) is 8.84. The predicted molar refractivity (Wildman–Crippen MR) is 141 cm³/mol. The molecular formula is C29H40FN3. The van der Waals surface area contributed by atoms with Crippen LogP contribution in [0.5, 0.6) is 0 Å². The third-order valence-corrected chi connectivity index (χ3v) is 6.81. The fraction of sp³-hybridized carbons (Fsp3) is 0.414. The fourth-order valence-electron chi connectivity index (χ4n) is 5.24. The van der Waals surface area contributed by atoms with Crippen molar-refractivity contribution in [2.24, 2.45) is 16.6 Å². The standard InChI is InChI=1S/C21H28N2.C7H7F.CH5N/c1-5-8-16(6-2)12-20-19-10-7-9-18-11-15(3)17(14-22-4)13-21(18,19)23-20;1-6-2-4-7(8)5-3-6;1-2/h5-6,8,11,14,19-20,23H,1-2,7,9-10,12-13H2,3-4H3;2-5H,1H3;2H2,1H3/b16-8+,22-14?;;. The van der Waals surface area contributed by atoms with Crippen LogP contribution >= 0.6 is 0 Å². The number of hydrogen-bond acceptors (Lipinski definition) is 3. The van der Waals surface area contributed by atoms with E-state index in [1.54, 1.807) is 17.7 Å². The molecule has 3 aliphatic rings. The van der Waals surface area contributed by atoms with Crippen molar-refractivity contribution in [1.82, 2.24) is 5.32 Å². The lowest BCUT2D eigenvalue weighted by Gasteiger charge is -2.62. The molecule has 0 radical (unpaired) electrons. The molecule has 1 saturated carbocycles. The number of benzene rings is 1. The maximum atomic E-state index is 12.1. The minimum Gasteiger partial charge on any atom is -0.333 e. The van der Waals surface area contributed by atoms with Crippen LogP contribution in [0.15, 0.2) is 89.0 Å². The quantitative estimate of drug-likeness (QED) is 0.413. The molecule has 0 amide bonds. The summed E-state index contributed by atoms with van der Waals surface area (Å²) in [5, 5.41) is 3.94. The van der Waals surface area contributed by atoms with Gasteiger partial charge in [0.25, 0.3) is 0 Å². The van der Waals surface area contributed by atoms with Crippen molar-refractivity contribution in [2.45, 2.75) is 57.5 Å². The Hall–Kier alpha value is -2.56. The number of hydrogen-bond donors (Lipinski definition) is 2. The zero-order valence-electron chi connectivity index (χ0n) is 20.7. The summed E-state index contributed by atoms with van der Waals surface area (Å²) in [6.07, 6.45) is 16.4. The topological polar surface area (TPSA) is 50.4 Å². The largest absolute Gasteiger partial charge is 0.333 e. The van der Waals surface area contributed by atoms with E-state index in [0.717, 1.165) is 24.3 Å². The van der Waals surface area contributed by atoms with Crippen molar-refractivity contribution >= 4 is 6.21 Å². The number of nitrogens with zero attached hydrogens (tertiary/aromatic N) is 1. The highest BCUT2D eigenvalue weighted by Gasteiger charge is 2.57. The van der Waals surface area contributed by atoms with Crippen LogP contribution in [0, 0.1) is 18.7 Å². The van der Waals surface area contributed by atoms with E-state index in [4.69, 9.17) is 0 Å². The van der Waals surface area contributed by atoms with Gasteiger partial charge in [-0.3, -0.25) is 4.99 Å². The molecule has 3 unspecified atom stereocenters. The van der Waals surface area contributed by atoms with Crippen molar-refractivity contribution in [3.63, 3.8) is 0 Å². The Balaban J connectivity index is 0.000000323.